The van der Waals surface area contributed by atoms with Crippen molar-refractivity contribution in [3.63, 3.8) is 0 Å². The Labute approximate surface area is 213 Å². The van der Waals surface area contributed by atoms with Crippen molar-refractivity contribution in [2.24, 2.45) is 7.05 Å². The first-order valence-electron chi connectivity index (χ1n) is 12.8. The monoisotopic (exact) mass is 509 g/mol. The van der Waals surface area contributed by atoms with Gasteiger partial charge in [-0.3, -0.25) is 4.79 Å². The van der Waals surface area contributed by atoms with Crippen molar-refractivity contribution in [3.8, 4) is 0 Å². The molecule has 2 fully saturated rings. The van der Waals surface area contributed by atoms with E-state index in [-0.39, 0.29) is 28.6 Å². The third kappa shape index (κ3) is 3.95. The van der Waals surface area contributed by atoms with Crippen LogP contribution >= 0.6 is 0 Å². The number of carbonyl (C=O) groups is 1. The number of rotatable bonds is 6. The maximum atomic E-state index is 14.1. The zero-order valence-electron chi connectivity index (χ0n) is 21.0. The van der Waals surface area contributed by atoms with Crippen LogP contribution in [0.3, 0.4) is 0 Å². The lowest BCUT2D eigenvalue weighted by Crippen LogP contribution is -2.47. The molecular weight excluding hydrogens is 479 g/mol. The first-order chi connectivity index (χ1) is 17.6. The predicted molar refractivity (Wildman–Crippen MR) is 133 cm³/mol. The number of amides is 1. The molecule has 6 nitrogen and oxygen atoms in total. The summed E-state index contributed by atoms with van der Waals surface area (Å²) in [5.74, 6) is 0.472. The van der Waals surface area contributed by atoms with Gasteiger partial charge in [0.2, 0.25) is 0 Å². The standard InChI is InChI=1S/C28H30F3N5O/c1-26(8-4-9-26)32-15-18-12-21-22(23(13-18)28(29,30)31)16-36(24(21)37)20-7-3-6-19(14-20)27(10-5-11-27)25-34-33-17-35(25)2/h3,6-7,12-14,17,32H,4-5,8-11,15-16H2,1-2H3. The molecule has 37 heavy (non-hydrogen) atoms. The molecule has 3 aliphatic rings. The molecule has 0 atom stereocenters. The van der Waals surface area contributed by atoms with Crippen LogP contribution in [0.25, 0.3) is 0 Å². The van der Waals surface area contributed by atoms with Gasteiger partial charge in [-0.2, -0.15) is 13.2 Å². The lowest BCUT2D eigenvalue weighted by atomic mass is 9.63. The predicted octanol–water partition coefficient (Wildman–Crippen LogP) is 5.50. The van der Waals surface area contributed by atoms with Crippen LogP contribution in [0.15, 0.2) is 42.7 Å². The number of alkyl halides is 3. The van der Waals surface area contributed by atoms with Crippen LogP contribution in [0.2, 0.25) is 0 Å². The Balaban J connectivity index is 1.34. The molecule has 1 amide bonds. The van der Waals surface area contributed by atoms with E-state index in [0.717, 1.165) is 49.9 Å². The van der Waals surface area contributed by atoms with Gasteiger partial charge < -0.3 is 14.8 Å². The average molecular weight is 510 g/mol. The summed E-state index contributed by atoms with van der Waals surface area (Å²) in [5, 5.41) is 11.8. The average Bonchev–Trinajstić information content (AvgIpc) is 3.38. The maximum Gasteiger partial charge on any atom is 0.416 e. The van der Waals surface area contributed by atoms with Gasteiger partial charge in [0.1, 0.15) is 12.2 Å². The number of carbonyl (C=O) groups excluding carboxylic acids is 1. The van der Waals surface area contributed by atoms with Crippen molar-refractivity contribution in [3.05, 3.63) is 76.4 Å². The Bertz CT molecular complexity index is 1370. The summed E-state index contributed by atoms with van der Waals surface area (Å²) in [6.45, 7) is 2.29. The second-order valence-electron chi connectivity index (χ2n) is 11.1. The molecule has 1 N–H and O–H groups in total. The highest BCUT2D eigenvalue weighted by atomic mass is 19.4. The van der Waals surface area contributed by atoms with E-state index in [4.69, 9.17) is 0 Å². The zero-order valence-corrected chi connectivity index (χ0v) is 21.0. The normalized spacial score (nSPS) is 19.9. The van der Waals surface area contributed by atoms with E-state index in [1.807, 2.05) is 29.8 Å². The Morgan fingerprint density at radius 1 is 1.08 bits per heavy atom. The summed E-state index contributed by atoms with van der Waals surface area (Å²) in [5.41, 5.74) is 1.21. The molecule has 2 aliphatic carbocycles. The Morgan fingerprint density at radius 2 is 1.84 bits per heavy atom. The fraction of sp³-hybridized carbons (Fsp3) is 0.464. The lowest BCUT2D eigenvalue weighted by Gasteiger charge is -2.41. The van der Waals surface area contributed by atoms with E-state index in [0.29, 0.717) is 17.8 Å². The molecule has 9 heteroatoms. The van der Waals surface area contributed by atoms with E-state index >= 15 is 0 Å². The van der Waals surface area contributed by atoms with E-state index in [9.17, 15) is 18.0 Å². The number of nitrogens with zero attached hydrogens (tertiary/aromatic N) is 4. The lowest BCUT2D eigenvalue weighted by molar-refractivity contribution is -0.138. The third-order valence-electron chi connectivity index (χ3n) is 8.64. The highest BCUT2D eigenvalue weighted by molar-refractivity contribution is 6.10. The van der Waals surface area contributed by atoms with Gasteiger partial charge >= 0.3 is 6.18 Å². The van der Waals surface area contributed by atoms with Gasteiger partial charge in [-0.05, 0) is 80.0 Å². The molecule has 1 aliphatic heterocycles. The molecule has 2 heterocycles. The fourth-order valence-corrected chi connectivity index (χ4v) is 6.09. The second-order valence-corrected chi connectivity index (χ2v) is 11.1. The molecule has 0 radical (unpaired) electrons. The van der Waals surface area contributed by atoms with Crippen molar-refractivity contribution in [2.75, 3.05) is 4.90 Å². The number of nitrogens with one attached hydrogen (secondary N) is 1. The minimum Gasteiger partial charge on any atom is -0.320 e. The molecule has 194 valence electrons. The van der Waals surface area contributed by atoms with Crippen molar-refractivity contribution < 1.29 is 18.0 Å². The van der Waals surface area contributed by atoms with Crippen molar-refractivity contribution in [2.45, 2.75) is 75.7 Å². The van der Waals surface area contributed by atoms with Gasteiger partial charge in [-0.1, -0.05) is 18.6 Å². The van der Waals surface area contributed by atoms with Crippen molar-refractivity contribution in [1.29, 1.82) is 0 Å². The second kappa shape index (κ2) is 8.41. The first-order valence-corrected chi connectivity index (χ1v) is 12.8. The van der Waals surface area contributed by atoms with Gasteiger partial charge in [0, 0.05) is 30.4 Å². The highest BCUT2D eigenvalue weighted by Gasteiger charge is 2.45. The molecule has 1 aromatic heterocycles. The van der Waals surface area contributed by atoms with Crippen LogP contribution in [-0.4, -0.2) is 26.2 Å². The first kappa shape index (κ1) is 24.2. The van der Waals surface area contributed by atoms with Gasteiger partial charge in [0.15, 0.2) is 0 Å². The summed E-state index contributed by atoms with van der Waals surface area (Å²) >= 11 is 0. The van der Waals surface area contributed by atoms with Crippen LogP contribution < -0.4 is 10.2 Å². The molecule has 0 saturated heterocycles. The molecule has 0 spiro atoms. The van der Waals surface area contributed by atoms with E-state index < -0.39 is 17.6 Å². The smallest absolute Gasteiger partial charge is 0.320 e. The molecule has 0 bridgehead atoms. The largest absolute Gasteiger partial charge is 0.416 e. The van der Waals surface area contributed by atoms with Gasteiger partial charge in [-0.25, -0.2) is 0 Å². The Morgan fingerprint density at radius 3 is 2.43 bits per heavy atom. The van der Waals surface area contributed by atoms with Crippen LogP contribution in [0.4, 0.5) is 18.9 Å². The minimum atomic E-state index is -4.54. The molecule has 6 rings (SSSR count). The van der Waals surface area contributed by atoms with Gasteiger partial charge in [-0.15, -0.1) is 10.2 Å². The summed E-state index contributed by atoms with van der Waals surface area (Å²) in [6, 6.07) is 10.5. The topological polar surface area (TPSA) is 63.1 Å². The number of hydrogen-bond acceptors (Lipinski definition) is 4. The SMILES string of the molecule is Cn1cnnc1C1(c2cccc(N3Cc4c(cc(CNC5(C)CCC5)cc4C(F)(F)F)C3=O)c2)CCC1. The Hall–Kier alpha value is -3.20. The summed E-state index contributed by atoms with van der Waals surface area (Å²) in [6.07, 6.45) is 3.12. The molecule has 2 saturated carbocycles. The number of hydrogen-bond donors (Lipinski definition) is 1. The maximum absolute atomic E-state index is 14.1. The molecule has 0 unspecified atom stereocenters. The van der Waals surface area contributed by atoms with E-state index in [1.54, 1.807) is 18.5 Å². The van der Waals surface area contributed by atoms with Crippen molar-refractivity contribution >= 4 is 11.6 Å². The number of fused-ring (bicyclic) bond motifs is 1. The van der Waals surface area contributed by atoms with E-state index in [1.165, 1.54) is 11.0 Å². The van der Waals surface area contributed by atoms with Crippen LogP contribution in [-0.2, 0) is 31.7 Å². The summed E-state index contributed by atoms with van der Waals surface area (Å²) in [7, 11) is 1.91. The van der Waals surface area contributed by atoms with Crippen LogP contribution in [0, 0.1) is 0 Å². The number of anilines is 1. The Kier molecular flexibility index (Phi) is 5.49. The van der Waals surface area contributed by atoms with Crippen LogP contribution in [0.1, 0.15) is 83.9 Å². The van der Waals surface area contributed by atoms with E-state index in [2.05, 4.69) is 22.4 Å². The highest BCUT2D eigenvalue weighted by Crippen LogP contribution is 2.49. The summed E-state index contributed by atoms with van der Waals surface area (Å²) < 4.78 is 44.3. The number of benzene rings is 2. The number of halogens is 3. The fourth-order valence-electron chi connectivity index (χ4n) is 6.09. The van der Waals surface area contributed by atoms with Crippen LogP contribution in [0.5, 0.6) is 0 Å². The minimum absolute atomic E-state index is 0.0475. The quantitative estimate of drug-likeness (QED) is 0.477. The number of aryl methyl sites for hydroxylation is 1. The molecular formula is C28H30F3N5O. The summed E-state index contributed by atoms with van der Waals surface area (Å²) in [4.78, 5) is 15.0. The zero-order chi connectivity index (χ0) is 26.0. The van der Waals surface area contributed by atoms with Crippen molar-refractivity contribution in [1.82, 2.24) is 20.1 Å². The third-order valence-corrected chi connectivity index (χ3v) is 8.64. The number of aromatic nitrogens is 3. The van der Waals surface area contributed by atoms with Gasteiger partial charge in [0.05, 0.1) is 17.5 Å². The molecule has 2 aromatic carbocycles. The molecule has 3 aromatic rings. The van der Waals surface area contributed by atoms with Gasteiger partial charge in [0.25, 0.3) is 5.91 Å².